The third-order valence-electron chi connectivity index (χ3n) is 5.37. The van der Waals surface area contributed by atoms with Gasteiger partial charge < -0.3 is 10.2 Å². The van der Waals surface area contributed by atoms with E-state index in [9.17, 15) is 23.6 Å². The van der Waals surface area contributed by atoms with Crippen LogP contribution >= 0.6 is 11.6 Å². The van der Waals surface area contributed by atoms with Gasteiger partial charge in [0.2, 0.25) is 5.91 Å². The molecule has 1 aromatic heterocycles. The Morgan fingerprint density at radius 1 is 1.28 bits per heavy atom. The number of amides is 2. The van der Waals surface area contributed by atoms with E-state index in [1.54, 1.807) is 31.2 Å². The van der Waals surface area contributed by atoms with Gasteiger partial charge in [0, 0.05) is 35.0 Å². The summed E-state index contributed by atoms with van der Waals surface area (Å²) in [6.07, 6.45) is 5.78. The van der Waals surface area contributed by atoms with Gasteiger partial charge in [0.15, 0.2) is 0 Å². The van der Waals surface area contributed by atoms with Crippen molar-refractivity contribution in [2.45, 2.75) is 31.2 Å². The lowest BCUT2D eigenvalue weighted by Gasteiger charge is -2.30. The van der Waals surface area contributed by atoms with Crippen LogP contribution in [0.1, 0.15) is 41.3 Å². The highest BCUT2D eigenvalue weighted by Crippen LogP contribution is 2.41. The number of hydrogen-bond donors (Lipinski definition) is 1. The van der Waals surface area contributed by atoms with E-state index in [2.05, 4.69) is 10.3 Å². The lowest BCUT2D eigenvalue weighted by Crippen LogP contribution is -2.49. The summed E-state index contributed by atoms with van der Waals surface area (Å²) in [5.41, 5.74) is 0.0723. The van der Waals surface area contributed by atoms with Gasteiger partial charge in [0.1, 0.15) is 5.54 Å². The molecule has 166 valence electrons. The monoisotopic (exact) mass is 458 g/mol. The molecule has 1 N–H and O–H groups in total. The molecular formula is C23H21ClF2N4O2. The van der Waals surface area contributed by atoms with E-state index in [0.717, 1.165) is 10.5 Å². The number of aromatic nitrogens is 1. The molecule has 1 fully saturated rings. The molecule has 1 saturated heterocycles. The average molecular weight is 459 g/mol. The first-order valence-electron chi connectivity index (χ1n) is 9.95. The Kier molecular flexibility index (Phi) is 6.90. The molecule has 6 nitrogen and oxygen atoms in total. The number of halogens is 3. The highest BCUT2D eigenvalue weighted by Gasteiger charge is 2.56. The number of nitriles is 1. The summed E-state index contributed by atoms with van der Waals surface area (Å²) in [4.78, 5) is 30.2. The van der Waals surface area contributed by atoms with Crippen molar-refractivity contribution in [3.63, 3.8) is 0 Å². The van der Waals surface area contributed by atoms with Gasteiger partial charge in [-0.3, -0.25) is 14.6 Å². The molecule has 32 heavy (non-hydrogen) atoms. The molecule has 0 spiro atoms. The number of nitrogens with zero attached hydrogens (tertiary/aromatic N) is 3. The molecule has 1 aliphatic heterocycles. The normalized spacial score (nSPS) is 19.7. The number of benzene rings is 1. The van der Waals surface area contributed by atoms with E-state index < -0.39 is 42.8 Å². The zero-order valence-corrected chi connectivity index (χ0v) is 18.1. The first-order chi connectivity index (χ1) is 15.2. The van der Waals surface area contributed by atoms with E-state index in [1.807, 2.05) is 18.2 Å². The lowest BCUT2D eigenvalue weighted by atomic mass is 9.94. The summed E-state index contributed by atoms with van der Waals surface area (Å²) in [6, 6.07) is 10.5. The van der Waals surface area contributed by atoms with Crippen LogP contribution in [0.5, 0.6) is 0 Å². The van der Waals surface area contributed by atoms with E-state index in [1.165, 1.54) is 18.5 Å². The molecule has 0 saturated carbocycles. The van der Waals surface area contributed by atoms with E-state index >= 15 is 0 Å². The molecule has 2 heterocycles. The fraction of sp³-hybridized carbons (Fsp3) is 0.304. The molecule has 3 rings (SSSR count). The minimum Gasteiger partial charge on any atom is -0.343 e. The van der Waals surface area contributed by atoms with Crippen molar-refractivity contribution >= 4 is 35.6 Å². The fourth-order valence-corrected chi connectivity index (χ4v) is 3.76. The van der Waals surface area contributed by atoms with Crippen molar-refractivity contribution < 1.29 is 18.4 Å². The Labute approximate surface area is 189 Å². The molecule has 0 radical (unpaired) electrons. The Bertz CT molecular complexity index is 1080. The Morgan fingerprint density at radius 2 is 2.00 bits per heavy atom. The number of rotatable bonds is 6. The fourth-order valence-electron chi connectivity index (χ4n) is 3.64. The van der Waals surface area contributed by atoms with Gasteiger partial charge in [0.05, 0.1) is 19.2 Å². The summed E-state index contributed by atoms with van der Waals surface area (Å²) in [5, 5.41) is 12.5. The maximum Gasteiger partial charge on any atom is 0.268 e. The minimum atomic E-state index is -3.14. The van der Waals surface area contributed by atoms with Crippen LogP contribution < -0.4 is 5.32 Å². The zero-order chi connectivity index (χ0) is 23.4. The van der Waals surface area contributed by atoms with Crippen LogP contribution in [0, 0.1) is 11.3 Å². The van der Waals surface area contributed by atoms with Crippen molar-refractivity contribution in [3.05, 3.63) is 64.4 Å². The third kappa shape index (κ3) is 5.11. The molecule has 1 aliphatic rings. The van der Waals surface area contributed by atoms with Crippen molar-refractivity contribution in [1.82, 2.24) is 15.2 Å². The third-order valence-corrected chi connectivity index (χ3v) is 5.63. The van der Waals surface area contributed by atoms with Crippen molar-refractivity contribution in [3.8, 4) is 6.07 Å². The Hall–Kier alpha value is -3.31. The first-order valence-corrected chi connectivity index (χ1v) is 10.3. The average Bonchev–Trinajstić information content (AvgIpc) is 3.08. The SMILES string of the molecule is CCC1(C#N)CC(F)(F)CN1C(=O)CNC(=O)c1ccncc1C=Cc1ccc(Cl)cc1. The molecule has 2 amide bonds. The summed E-state index contributed by atoms with van der Waals surface area (Å²) < 4.78 is 27.9. The summed E-state index contributed by atoms with van der Waals surface area (Å²) in [5.74, 6) is -4.43. The number of pyridine rings is 1. The molecule has 1 atom stereocenters. The Morgan fingerprint density at radius 3 is 2.66 bits per heavy atom. The quantitative estimate of drug-likeness (QED) is 0.703. The maximum atomic E-state index is 13.9. The van der Waals surface area contributed by atoms with Crippen LogP contribution in [0.25, 0.3) is 12.2 Å². The highest BCUT2D eigenvalue weighted by molar-refractivity contribution is 6.30. The van der Waals surface area contributed by atoms with Crippen LogP contribution in [0.4, 0.5) is 8.78 Å². The van der Waals surface area contributed by atoms with Crippen molar-refractivity contribution in [2.24, 2.45) is 0 Å². The Balaban J connectivity index is 1.71. The smallest absolute Gasteiger partial charge is 0.268 e. The van der Waals surface area contributed by atoms with Gasteiger partial charge in [-0.1, -0.05) is 42.8 Å². The van der Waals surface area contributed by atoms with Gasteiger partial charge in [-0.2, -0.15) is 5.26 Å². The van der Waals surface area contributed by atoms with Gasteiger partial charge >= 0.3 is 0 Å². The second kappa shape index (κ2) is 9.45. The van der Waals surface area contributed by atoms with Crippen LogP contribution in [0.2, 0.25) is 5.02 Å². The summed E-state index contributed by atoms with van der Waals surface area (Å²) in [7, 11) is 0. The van der Waals surface area contributed by atoms with Crippen LogP contribution in [0.3, 0.4) is 0 Å². The van der Waals surface area contributed by atoms with Gasteiger partial charge in [-0.15, -0.1) is 0 Å². The molecule has 2 aromatic rings. The number of alkyl halides is 2. The van der Waals surface area contributed by atoms with Crippen LogP contribution in [0.15, 0.2) is 42.7 Å². The van der Waals surface area contributed by atoms with Crippen molar-refractivity contribution in [1.29, 1.82) is 5.26 Å². The minimum absolute atomic E-state index is 0.0722. The van der Waals surface area contributed by atoms with E-state index in [0.29, 0.717) is 10.6 Å². The standard InChI is InChI=1S/C23H21ClF2N4O2/c1-2-22(14-27)13-23(25,26)15-30(22)20(31)12-29-21(32)19-9-10-28-11-17(19)6-3-16-4-7-18(24)8-5-16/h3-11H,2,12-13,15H2,1H3,(H,29,32). The number of nitrogens with one attached hydrogen (secondary N) is 1. The van der Waals surface area contributed by atoms with Crippen LogP contribution in [-0.2, 0) is 4.79 Å². The van der Waals surface area contributed by atoms with Crippen LogP contribution in [-0.4, -0.2) is 46.2 Å². The topological polar surface area (TPSA) is 86.1 Å². The molecule has 0 bridgehead atoms. The molecule has 1 aromatic carbocycles. The predicted octanol–water partition coefficient (Wildman–Crippen LogP) is 4.18. The second-order valence-electron chi connectivity index (χ2n) is 7.54. The largest absolute Gasteiger partial charge is 0.343 e. The summed E-state index contributed by atoms with van der Waals surface area (Å²) >= 11 is 5.88. The zero-order valence-electron chi connectivity index (χ0n) is 17.3. The maximum absolute atomic E-state index is 13.9. The summed E-state index contributed by atoms with van der Waals surface area (Å²) in [6.45, 7) is 0.244. The number of carbonyl (C=O) groups excluding carboxylic acids is 2. The highest BCUT2D eigenvalue weighted by atomic mass is 35.5. The number of likely N-dealkylation sites (tertiary alicyclic amines) is 1. The molecular weight excluding hydrogens is 438 g/mol. The van der Waals surface area contributed by atoms with E-state index in [4.69, 9.17) is 11.6 Å². The number of carbonyl (C=O) groups is 2. The molecule has 0 aliphatic carbocycles. The van der Waals surface area contributed by atoms with Gasteiger partial charge in [-0.25, -0.2) is 8.78 Å². The first kappa shape index (κ1) is 23.4. The molecule has 1 unspecified atom stereocenters. The predicted molar refractivity (Wildman–Crippen MR) is 117 cm³/mol. The lowest BCUT2D eigenvalue weighted by molar-refractivity contribution is -0.133. The van der Waals surface area contributed by atoms with Gasteiger partial charge in [0.25, 0.3) is 11.8 Å². The number of hydrogen-bond acceptors (Lipinski definition) is 4. The van der Waals surface area contributed by atoms with Gasteiger partial charge in [-0.05, 0) is 30.2 Å². The van der Waals surface area contributed by atoms with E-state index in [-0.39, 0.29) is 12.0 Å². The second-order valence-corrected chi connectivity index (χ2v) is 7.98. The molecule has 9 heteroatoms. The van der Waals surface area contributed by atoms with Crippen molar-refractivity contribution in [2.75, 3.05) is 13.1 Å².